The van der Waals surface area contributed by atoms with Crippen molar-refractivity contribution in [3.8, 4) is 5.75 Å². The van der Waals surface area contributed by atoms with Gasteiger partial charge in [0, 0.05) is 12.6 Å². The maximum Gasteiger partial charge on any atom is 0.184 e. The summed E-state index contributed by atoms with van der Waals surface area (Å²) in [5, 5.41) is 7.92. The Kier molecular flexibility index (Phi) is 4.85. The fourth-order valence-corrected chi connectivity index (χ4v) is 3.21. The number of rotatable bonds is 3. The number of anilines is 1. The molecule has 1 atom stereocenters. The van der Waals surface area contributed by atoms with Gasteiger partial charge in [0.05, 0.1) is 17.3 Å². The van der Waals surface area contributed by atoms with Crippen LogP contribution in [0.2, 0.25) is 0 Å². The number of ether oxygens (including phenoxy) is 1. The van der Waals surface area contributed by atoms with Crippen molar-refractivity contribution in [2.45, 2.75) is 18.9 Å². The number of benzene rings is 1. The molecule has 0 radical (unpaired) electrons. The van der Waals surface area contributed by atoms with Crippen LogP contribution in [0, 0.1) is 0 Å². The van der Waals surface area contributed by atoms with Crippen molar-refractivity contribution in [1.82, 2.24) is 10.3 Å². The number of nitrogens with one attached hydrogen (secondary N) is 2. The highest BCUT2D eigenvalue weighted by Gasteiger charge is 2.14. The summed E-state index contributed by atoms with van der Waals surface area (Å²) in [6.07, 6.45) is 2.45. The molecule has 1 saturated heterocycles. The number of methoxy groups -OCH3 is 1. The Morgan fingerprint density at radius 2 is 2.37 bits per heavy atom. The molecule has 104 valence electrons. The Hall–Kier alpha value is -1.04. The zero-order chi connectivity index (χ0) is 12.4. The van der Waals surface area contributed by atoms with Gasteiger partial charge in [-0.2, -0.15) is 0 Å². The molecule has 19 heavy (non-hydrogen) atoms. The molecule has 4 nitrogen and oxygen atoms in total. The Balaban J connectivity index is 0.00000133. The van der Waals surface area contributed by atoms with E-state index in [2.05, 4.69) is 15.6 Å². The van der Waals surface area contributed by atoms with Crippen molar-refractivity contribution in [3.63, 3.8) is 0 Å². The van der Waals surface area contributed by atoms with E-state index in [1.807, 2.05) is 18.2 Å². The van der Waals surface area contributed by atoms with Gasteiger partial charge in [-0.25, -0.2) is 4.98 Å². The van der Waals surface area contributed by atoms with Gasteiger partial charge in [-0.15, -0.1) is 12.4 Å². The van der Waals surface area contributed by atoms with E-state index in [0.717, 1.165) is 29.5 Å². The summed E-state index contributed by atoms with van der Waals surface area (Å²) < 4.78 is 6.40. The van der Waals surface area contributed by atoms with E-state index >= 15 is 0 Å². The van der Waals surface area contributed by atoms with Crippen molar-refractivity contribution in [2.24, 2.45) is 0 Å². The molecule has 6 heteroatoms. The first-order valence-electron chi connectivity index (χ1n) is 6.27. The summed E-state index contributed by atoms with van der Waals surface area (Å²) in [6.45, 7) is 2.16. The van der Waals surface area contributed by atoms with E-state index < -0.39 is 0 Å². The second kappa shape index (κ2) is 6.41. The average Bonchev–Trinajstić information content (AvgIpc) is 2.80. The van der Waals surface area contributed by atoms with Crippen LogP contribution in [0.3, 0.4) is 0 Å². The Morgan fingerprint density at radius 1 is 1.47 bits per heavy atom. The molecule has 1 aliphatic heterocycles. The lowest BCUT2D eigenvalue weighted by Crippen LogP contribution is -2.38. The molecule has 1 aromatic carbocycles. The minimum Gasteiger partial charge on any atom is -0.497 e. The number of fused-ring (bicyclic) bond motifs is 1. The lowest BCUT2D eigenvalue weighted by atomic mass is 10.1. The van der Waals surface area contributed by atoms with Crippen LogP contribution < -0.4 is 15.4 Å². The molecule has 1 fully saturated rings. The first kappa shape index (κ1) is 14.4. The molecule has 0 bridgehead atoms. The number of nitrogens with zero attached hydrogens (tertiary/aromatic N) is 1. The average molecular weight is 300 g/mol. The SMILES string of the molecule is COc1ccc2nc(NC3CCCNC3)sc2c1.Cl. The largest absolute Gasteiger partial charge is 0.497 e. The molecule has 2 heterocycles. The molecular weight excluding hydrogens is 282 g/mol. The van der Waals surface area contributed by atoms with Gasteiger partial charge in [-0.3, -0.25) is 0 Å². The molecule has 2 aromatic rings. The minimum atomic E-state index is 0. The molecule has 1 unspecified atom stereocenters. The van der Waals surface area contributed by atoms with Crippen molar-refractivity contribution >= 4 is 39.1 Å². The lowest BCUT2D eigenvalue weighted by molar-refractivity contribution is 0.415. The molecule has 0 aliphatic carbocycles. The van der Waals surface area contributed by atoms with E-state index in [4.69, 9.17) is 4.74 Å². The molecular formula is C13H18ClN3OS. The fraction of sp³-hybridized carbons (Fsp3) is 0.462. The van der Waals surface area contributed by atoms with E-state index in [1.165, 1.54) is 17.5 Å². The van der Waals surface area contributed by atoms with E-state index in [1.54, 1.807) is 18.4 Å². The second-order valence-corrected chi connectivity index (χ2v) is 5.57. The van der Waals surface area contributed by atoms with Crippen molar-refractivity contribution in [2.75, 3.05) is 25.5 Å². The number of halogens is 1. The molecule has 0 amide bonds. The van der Waals surface area contributed by atoms with Crippen LogP contribution in [0.25, 0.3) is 10.2 Å². The Bertz CT molecular complexity index is 540. The molecule has 2 N–H and O–H groups in total. The summed E-state index contributed by atoms with van der Waals surface area (Å²) in [4.78, 5) is 4.61. The third-order valence-electron chi connectivity index (χ3n) is 3.22. The van der Waals surface area contributed by atoms with Crippen LogP contribution >= 0.6 is 23.7 Å². The lowest BCUT2D eigenvalue weighted by Gasteiger charge is -2.23. The van der Waals surface area contributed by atoms with Crippen LogP contribution in [0.4, 0.5) is 5.13 Å². The number of thiazole rings is 1. The smallest absolute Gasteiger partial charge is 0.184 e. The van der Waals surface area contributed by atoms with Crippen LogP contribution in [-0.4, -0.2) is 31.2 Å². The zero-order valence-electron chi connectivity index (χ0n) is 10.8. The predicted molar refractivity (Wildman–Crippen MR) is 82.9 cm³/mol. The van der Waals surface area contributed by atoms with Crippen LogP contribution in [0.5, 0.6) is 5.75 Å². The Labute approximate surface area is 123 Å². The second-order valence-electron chi connectivity index (χ2n) is 4.54. The topological polar surface area (TPSA) is 46.2 Å². The van der Waals surface area contributed by atoms with Gasteiger partial charge < -0.3 is 15.4 Å². The highest BCUT2D eigenvalue weighted by molar-refractivity contribution is 7.22. The van der Waals surface area contributed by atoms with Crippen LogP contribution in [0.15, 0.2) is 18.2 Å². The summed E-state index contributed by atoms with van der Waals surface area (Å²) in [7, 11) is 1.69. The Morgan fingerprint density at radius 3 is 3.11 bits per heavy atom. The summed E-state index contributed by atoms with van der Waals surface area (Å²) >= 11 is 1.69. The van der Waals surface area contributed by atoms with Gasteiger partial charge in [-0.05, 0) is 37.6 Å². The normalized spacial score (nSPS) is 18.9. The van der Waals surface area contributed by atoms with Gasteiger partial charge in [0.25, 0.3) is 0 Å². The summed E-state index contributed by atoms with van der Waals surface area (Å²) in [5.74, 6) is 0.886. The number of hydrogen-bond acceptors (Lipinski definition) is 5. The first-order chi connectivity index (χ1) is 8.85. The number of aromatic nitrogens is 1. The quantitative estimate of drug-likeness (QED) is 0.915. The highest BCUT2D eigenvalue weighted by Crippen LogP contribution is 2.29. The monoisotopic (exact) mass is 299 g/mol. The van der Waals surface area contributed by atoms with Crippen LogP contribution in [-0.2, 0) is 0 Å². The maximum atomic E-state index is 5.23. The van der Waals surface area contributed by atoms with Crippen molar-refractivity contribution in [1.29, 1.82) is 0 Å². The van der Waals surface area contributed by atoms with Crippen molar-refractivity contribution in [3.05, 3.63) is 18.2 Å². The van der Waals surface area contributed by atoms with Gasteiger partial charge in [0.15, 0.2) is 5.13 Å². The van der Waals surface area contributed by atoms with Gasteiger partial charge in [0.2, 0.25) is 0 Å². The number of piperidine rings is 1. The fourth-order valence-electron chi connectivity index (χ4n) is 2.24. The molecule has 0 spiro atoms. The van der Waals surface area contributed by atoms with Gasteiger partial charge in [0.1, 0.15) is 5.75 Å². The van der Waals surface area contributed by atoms with Crippen molar-refractivity contribution < 1.29 is 4.74 Å². The van der Waals surface area contributed by atoms with E-state index in [9.17, 15) is 0 Å². The van der Waals surface area contributed by atoms with Gasteiger partial charge in [-0.1, -0.05) is 11.3 Å². The highest BCUT2D eigenvalue weighted by atomic mass is 35.5. The van der Waals surface area contributed by atoms with E-state index in [0.29, 0.717) is 6.04 Å². The predicted octanol–water partition coefficient (Wildman–Crippen LogP) is 2.89. The summed E-state index contributed by atoms with van der Waals surface area (Å²) in [5.41, 5.74) is 1.03. The molecule has 0 saturated carbocycles. The van der Waals surface area contributed by atoms with E-state index in [-0.39, 0.29) is 12.4 Å². The van der Waals surface area contributed by atoms with Gasteiger partial charge >= 0.3 is 0 Å². The molecule has 1 aliphatic rings. The third-order valence-corrected chi connectivity index (χ3v) is 4.17. The molecule has 1 aromatic heterocycles. The number of hydrogen-bond donors (Lipinski definition) is 2. The standard InChI is InChI=1S/C13H17N3OS.ClH/c1-17-10-4-5-11-12(7-10)18-13(16-11)15-9-3-2-6-14-8-9;/h4-5,7,9,14H,2-3,6,8H2,1H3,(H,15,16);1H. The minimum absolute atomic E-state index is 0. The third kappa shape index (κ3) is 3.29. The molecule has 3 rings (SSSR count). The van der Waals surface area contributed by atoms with Crippen LogP contribution in [0.1, 0.15) is 12.8 Å². The first-order valence-corrected chi connectivity index (χ1v) is 7.08. The zero-order valence-corrected chi connectivity index (χ0v) is 12.4. The summed E-state index contributed by atoms with van der Waals surface area (Å²) in [6, 6.07) is 6.50. The maximum absolute atomic E-state index is 5.23.